The van der Waals surface area contributed by atoms with Gasteiger partial charge in [0.25, 0.3) is 0 Å². The largest absolute Gasteiger partial charge is 0.462 e. The monoisotopic (exact) mass is 188 g/mol. The Labute approximate surface area is 73.5 Å². The number of hydrogen-bond donors (Lipinski definition) is 0. The minimum atomic E-state index is -0.602. The molecule has 0 N–H and O–H groups in total. The highest BCUT2D eigenvalue weighted by Crippen LogP contribution is 2.07. The molecule has 0 aliphatic heterocycles. The van der Waals surface area contributed by atoms with E-state index in [0.29, 0.717) is 11.6 Å². The molecule has 0 aliphatic carbocycles. The van der Waals surface area contributed by atoms with Crippen LogP contribution in [0.2, 0.25) is 0 Å². The molecule has 0 radical (unpaired) electrons. The van der Waals surface area contributed by atoms with Crippen molar-refractivity contribution in [1.82, 2.24) is 10.2 Å². The van der Waals surface area contributed by atoms with Crippen molar-refractivity contribution in [3.63, 3.8) is 0 Å². The summed E-state index contributed by atoms with van der Waals surface area (Å²) >= 11 is 1.54. The fourth-order valence-corrected chi connectivity index (χ4v) is 0.969. The molecule has 0 aromatic carbocycles. The van der Waals surface area contributed by atoms with Crippen molar-refractivity contribution in [2.24, 2.45) is 0 Å². The zero-order valence-electron chi connectivity index (χ0n) is 6.73. The average molecular weight is 188 g/mol. The molecule has 0 saturated heterocycles. The van der Waals surface area contributed by atoms with Crippen molar-refractivity contribution in [2.45, 2.75) is 5.75 Å². The molecule has 0 unspecified atom stereocenters. The van der Waals surface area contributed by atoms with E-state index in [1.54, 1.807) is 0 Å². The summed E-state index contributed by atoms with van der Waals surface area (Å²) in [5, 5.41) is 7.14. The topological polar surface area (TPSA) is 65.2 Å². The zero-order valence-corrected chi connectivity index (χ0v) is 7.55. The van der Waals surface area contributed by atoms with Gasteiger partial charge in [0.2, 0.25) is 5.89 Å². The van der Waals surface area contributed by atoms with Crippen molar-refractivity contribution in [3.05, 3.63) is 11.8 Å². The summed E-state index contributed by atoms with van der Waals surface area (Å²) < 4.78 is 9.34. The molecule has 12 heavy (non-hydrogen) atoms. The molecule has 0 saturated carbocycles. The summed E-state index contributed by atoms with van der Waals surface area (Å²) in [7, 11) is 1.26. The van der Waals surface area contributed by atoms with Crippen LogP contribution < -0.4 is 0 Å². The first-order valence-electron chi connectivity index (χ1n) is 3.17. The highest BCUT2D eigenvalue weighted by Gasteiger charge is 2.13. The van der Waals surface area contributed by atoms with Gasteiger partial charge in [-0.25, -0.2) is 4.79 Å². The third-order valence-corrected chi connectivity index (χ3v) is 1.63. The van der Waals surface area contributed by atoms with Gasteiger partial charge in [-0.1, -0.05) is 0 Å². The van der Waals surface area contributed by atoms with Crippen LogP contribution in [0.1, 0.15) is 16.6 Å². The van der Waals surface area contributed by atoms with Crippen LogP contribution in [0.15, 0.2) is 4.42 Å². The van der Waals surface area contributed by atoms with Crippen LogP contribution in [0.25, 0.3) is 0 Å². The van der Waals surface area contributed by atoms with E-state index in [1.807, 2.05) is 6.26 Å². The Morgan fingerprint density at radius 1 is 1.67 bits per heavy atom. The fourth-order valence-electron chi connectivity index (χ4n) is 0.605. The van der Waals surface area contributed by atoms with Crippen LogP contribution in [0.3, 0.4) is 0 Å². The van der Waals surface area contributed by atoms with Crippen LogP contribution in [-0.4, -0.2) is 29.5 Å². The molecule has 0 spiro atoms. The predicted octanol–water partition coefficient (Wildman–Crippen LogP) is 0.719. The number of nitrogens with zero attached hydrogens (tertiary/aromatic N) is 2. The lowest BCUT2D eigenvalue weighted by Gasteiger charge is -1.89. The SMILES string of the molecule is COC(=O)c1nnc(CSC)o1. The predicted molar refractivity (Wildman–Crippen MR) is 42.9 cm³/mol. The smallest absolute Gasteiger partial charge is 0.396 e. The van der Waals surface area contributed by atoms with Gasteiger partial charge in [0.05, 0.1) is 12.9 Å². The molecule has 0 amide bonds. The van der Waals surface area contributed by atoms with Gasteiger partial charge in [-0.2, -0.15) is 11.8 Å². The van der Waals surface area contributed by atoms with Gasteiger partial charge in [0, 0.05) is 0 Å². The van der Waals surface area contributed by atoms with Crippen molar-refractivity contribution in [3.8, 4) is 0 Å². The maximum atomic E-state index is 10.8. The summed E-state index contributed by atoms with van der Waals surface area (Å²) in [6.45, 7) is 0. The second-order valence-corrected chi connectivity index (χ2v) is 2.79. The van der Waals surface area contributed by atoms with E-state index >= 15 is 0 Å². The normalized spacial score (nSPS) is 9.83. The standard InChI is InChI=1S/C6H8N2O3S/c1-10-6(9)5-8-7-4(11-5)3-12-2/h3H2,1-2H3. The summed E-state index contributed by atoms with van der Waals surface area (Å²) in [6, 6.07) is 0. The highest BCUT2D eigenvalue weighted by atomic mass is 32.2. The zero-order chi connectivity index (χ0) is 8.97. The lowest BCUT2D eigenvalue weighted by molar-refractivity contribution is 0.0554. The summed E-state index contributed by atoms with van der Waals surface area (Å²) in [5.74, 6) is 0.337. The maximum Gasteiger partial charge on any atom is 0.396 e. The second kappa shape index (κ2) is 4.10. The molecule has 66 valence electrons. The molecular weight excluding hydrogens is 180 g/mol. The first kappa shape index (κ1) is 9.05. The Kier molecular flexibility index (Phi) is 3.09. The molecular formula is C6H8N2O3S. The molecule has 0 fully saturated rings. The van der Waals surface area contributed by atoms with E-state index in [1.165, 1.54) is 18.9 Å². The van der Waals surface area contributed by atoms with Gasteiger partial charge in [-0.3, -0.25) is 0 Å². The number of rotatable bonds is 3. The molecule has 1 aromatic heterocycles. The van der Waals surface area contributed by atoms with Gasteiger partial charge in [-0.15, -0.1) is 10.2 Å². The minimum absolute atomic E-state index is 0.0958. The van der Waals surface area contributed by atoms with E-state index in [4.69, 9.17) is 4.42 Å². The van der Waals surface area contributed by atoms with Crippen molar-refractivity contribution >= 4 is 17.7 Å². The van der Waals surface area contributed by atoms with Gasteiger partial charge in [0.15, 0.2) is 0 Å². The highest BCUT2D eigenvalue weighted by molar-refractivity contribution is 7.97. The Balaban J connectivity index is 2.70. The number of carbonyl (C=O) groups is 1. The third-order valence-electron chi connectivity index (χ3n) is 1.09. The van der Waals surface area contributed by atoms with Gasteiger partial charge < -0.3 is 9.15 Å². The van der Waals surface area contributed by atoms with E-state index in [0.717, 1.165) is 0 Å². The number of hydrogen-bond acceptors (Lipinski definition) is 6. The van der Waals surface area contributed by atoms with E-state index in [9.17, 15) is 4.79 Å². The first-order valence-corrected chi connectivity index (χ1v) is 4.57. The molecule has 1 rings (SSSR count). The fraction of sp³-hybridized carbons (Fsp3) is 0.500. The van der Waals surface area contributed by atoms with Gasteiger partial charge in [-0.05, 0) is 6.26 Å². The van der Waals surface area contributed by atoms with Crippen LogP contribution in [0.5, 0.6) is 0 Å². The van der Waals surface area contributed by atoms with Crippen LogP contribution in [0, 0.1) is 0 Å². The number of esters is 1. The molecule has 6 heteroatoms. The lowest BCUT2D eigenvalue weighted by atomic mass is 10.7. The van der Waals surface area contributed by atoms with E-state index in [2.05, 4.69) is 14.9 Å². The van der Waals surface area contributed by atoms with Crippen molar-refractivity contribution in [1.29, 1.82) is 0 Å². The molecule has 1 aromatic rings. The summed E-state index contributed by atoms with van der Waals surface area (Å²) in [6.07, 6.45) is 1.90. The number of carbonyl (C=O) groups excluding carboxylic acids is 1. The van der Waals surface area contributed by atoms with E-state index < -0.39 is 5.97 Å². The average Bonchev–Trinajstić information content (AvgIpc) is 2.52. The second-order valence-electron chi connectivity index (χ2n) is 1.93. The maximum absolute atomic E-state index is 10.8. The summed E-state index contributed by atoms with van der Waals surface area (Å²) in [5.41, 5.74) is 0. The first-order chi connectivity index (χ1) is 5.77. The quantitative estimate of drug-likeness (QED) is 0.651. The molecule has 0 atom stereocenters. The molecule has 0 bridgehead atoms. The third kappa shape index (κ3) is 1.97. The molecule has 0 aliphatic rings. The Bertz CT molecular complexity index is 274. The van der Waals surface area contributed by atoms with Crippen molar-refractivity contribution < 1.29 is 13.9 Å². The van der Waals surface area contributed by atoms with Crippen LogP contribution >= 0.6 is 11.8 Å². The van der Waals surface area contributed by atoms with Gasteiger partial charge in [0.1, 0.15) is 0 Å². The van der Waals surface area contributed by atoms with Crippen LogP contribution in [0.4, 0.5) is 0 Å². The number of aromatic nitrogens is 2. The number of thioether (sulfide) groups is 1. The van der Waals surface area contributed by atoms with Crippen molar-refractivity contribution in [2.75, 3.05) is 13.4 Å². The Hall–Kier alpha value is -1.04. The Morgan fingerprint density at radius 3 is 3.00 bits per heavy atom. The number of ether oxygens (including phenoxy) is 1. The summed E-state index contributed by atoms with van der Waals surface area (Å²) in [4.78, 5) is 10.8. The Morgan fingerprint density at radius 2 is 2.42 bits per heavy atom. The molecule has 5 nitrogen and oxygen atoms in total. The van der Waals surface area contributed by atoms with Crippen LogP contribution in [-0.2, 0) is 10.5 Å². The minimum Gasteiger partial charge on any atom is -0.462 e. The van der Waals surface area contributed by atoms with E-state index in [-0.39, 0.29) is 5.89 Å². The lowest BCUT2D eigenvalue weighted by Crippen LogP contribution is -2.00. The van der Waals surface area contributed by atoms with Gasteiger partial charge >= 0.3 is 11.9 Å². The number of methoxy groups -OCH3 is 1. The molecule has 1 heterocycles.